The fourth-order valence-electron chi connectivity index (χ4n) is 5.45. The van der Waals surface area contributed by atoms with Crippen LogP contribution in [0.2, 0.25) is 0 Å². The maximum absolute atomic E-state index is 13.5. The van der Waals surface area contributed by atoms with E-state index >= 15 is 0 Å². The zero-order valence-electron chi connectivity index (χ0n) is 25.2. The van der Waals surface area contributed by atoms with Crippen LogP contribution in [0, 0.1) is 5.92 Å². The number of likely N-dealkylation sites (N-methyl/N-ethyl adjacent to an activating group) is 1. The Morgan fingerprint density at radius 2 is 1.77 bits per heavy atom. The Hall–Kier alpha value is -3.70. The predicted molar refractivity (Wildman–Crippen MR) is 175 cm³/mol. The number of fused-ring (bicyclic) bond motifs is 1. The number of nitrogens with zero attached hydrogens (tertiary/aromatic N) is 2. The maximum Gasteiger partial charge on any atom is 0.271 e. The van der Waals surface area contributed by atoms with Crippen molar-refractivity contribution in [2.75, 3.05) is 31.5 Å². The molecular weight excluding hydrogens is 595 g/mol. The molecule has 0 unspecified atom stereocenters. The summed E-state index contributed by atoms with van der Waals surface area (Å²) in [6.45, 7) is 5.48. The van der Waals surface area contributed by atoms with E-state index in [-0.39, 0.29) is 41.2 Å². The molecule has 0 spiro atoms. The summed E-state index contributed by atoms with van der Waals surface area (Å²) in [5, 5.41) is 11.6. The number of amides is 1. The molecule has 2 heterocycles. The highest BCUT2D eigenvalue weighted by atomic mass is 32.2. The highest BCUT2D eigenvalue weighted by Gasteiger charge is 2.31. The Bertz CT molecular complexity index is 1640. The van der Waals surface area contributed by atoms with Gasteiger partial charge in [-0.05, 0) is 60.3 Å². The van der Waals surface area contributed by atoms with Crippen molar-refractivity contribution >= 4 is 33.0 Å². The van der Waals surface area contributed by atoms with Crippen LogP contribution in [0.15, 0.2) is 94.5 Å². The summed E-state index contributed by atoms with van der Waals surface area (Å²) in [6, 6.07) is 26.8. The number of carbonyl (C=O) groups is 1. The van der Waals surface area contributed by atoms with Crippen molar-refractivity contribution in [2.24, 2.45) is 5.92 Å². The van der Waals surface area contributed by atoms with Gasteiger partial charge >= 0.3 is 0 Å². The van der Waals surface area contributed by atoms with E-state index in [0.29, 0.717) is 36.6 Å². The van der Waals surface area contributed by atoms with E-state index in [0.717, 1.165) is 11.3 Å². The van der Waals surface area contributed by atoms with E-state index in [1.807, 2.05) is 25.1 Å². The van der Waals surface area contributed by atoms with E-state index in [1.54, 1.807) is 40.6 Å². The molecule has 3 aromatic carbocycles. The molecule has 0 fully saturated rings. The van der Waals surface area contributed by atoms with Crippen molar-refractivity contribution < 1.29 is 23.1 Å². The van der Waals surface area contributed by atoms with Gasteiger partial charge < -0.3 is 14.7 Å². The standard InChI is InChI=1S/C34H39N3O5S2/c1-24-20-37(25(2)23-38)33(39)19-29-18-30(35-44(40,41)34-10-7-17-43-34)15-16-31(29)42-32(24)22-36(3)21-26-11-13-28(14-12-26)27-8-5-4-6-9-27/h4-18,24-25,32,35,38H,19-23H2,1-3H3/t24-,25-,32-/m1/s1. The number of aliphatic hydroxyl groups excluding tert-OH is 1. The van der Waals surface area contributed by atoms with E-state index < -0.39 is 10.0 Å². The molecule has 0 bridgehead atoms. The van der Waals surface area contributed by atoms with E-state index in [1.165, 1.54) is 16.7 Å². The molecular formula is C34H39N3O5S2. The summed E-state index contributed by atoms with van der Waals surface area (Å²) in [7, 11) is -1.70. The van der Waals surface area contributed by atoms with Crippen LogP contribution in [0.3, 0.4) is 0 Å². The summed E-state index contributed by atoms with van der Waals surface area (Å²) in [5.41, 5.74) is 4.47. The molecule has 1 aliphatic rings. The van der Waals surface area contributed by atoms with Gasteiger partial charge in [0, 0.05) is 36.8 Å². The van der Waals surface area contributed by atoms with E-state index in [4.69, 9.17) is 4.74 Å². The van der Waals surface area contributed by atoms with Gasteiger partial charge in [0.25, 0.3) is 10.0 Å². The number of thiophene rings is 1. The van der Waals surface area contributed by atoms with Gasteiger partial charge in [0.15, 0.2) is 0 Å². The van der Waals surface area contributed by atoms with E-state index in [2.05, 4.69) is 60.0 Å². The molecule has 1 amide bonds. The van der Waals surface area contributed by atoms with Crippen LogP contribution >= 0.6 is 11.3 Å². The monoisotopic (exact) mass is 633 g/mol. The van der Waals surface area contributed by atoms with Gasteiger partial charge in [-0.25, -0.2) is 8.42 Å². The van der Waals surface area contributed by atoms with Crippen molar-refractivity contribution in [1.82, 2.24) is 9.80 Å². The number of anilines is 1. The average molecular weight is 634 g/mol. The quantitative estimate of drug-likeness (QED) is 0.240. The van der Waals surface area contributed by atoms with Crippen LogP contribution in [0.1, 0.15) is 25.0 Å². The van der Waals surface area contributed by atoms with Crippen LogP contribution in [0.25, 0.3) is 11.1 Å². The fraction of sp³-hybridized carbons (Fsp3) is 0.324. The van der Waals surface area contributed by atoms with Gasteiger partial charge in [0.2, 0.25) is 5.91 Å². The molecule has 1 aliphatic heterocycles. The Morgan fingerprint density at radius 3 is 2.45 bits per heavy atom. The molecule has 0 aliphatic carbocycles. The minimum absolute atomic E-state index is 0.0251. The highest BCUT2D eigenvalue weighted by Crippen LogP contribution is 2.31. The lowest BCUT2D eigenvalue weighted by atomic mass is 10.0. The molecule has 232 valence electrons. The largest absolute Gasteiger partial charge is 0.488 e. The highest BCUT2D eigenvalue weighted by molar-refractivity contribution is 7.94. The van der Waals surface area contributed by atoms with E-state index in [9.17, 15) is 18.3 Å². The second-order valence-electron chi connectivity index (χ2n) is 11.5. The fourth-order valence-corrected chi connectivity index (χ4v) is 7.49. The molecule has 1 aromatic heterocycles. The first-order chi connectivity index (χ1) is 21.1. The minimum Gasteiger partial charge on any atom is -0.488 e. The first kappa shape index (κ1) is 31.7. The molecule has 0 saturated carbocycles. The first-order valence-electron chi connectivity index (χ1n) is 14.7. The maximum atomic E-state index is 13.5. The SMILES string of the molecule is C[C@@H]1CN([C@H](C)CO)C(=O)Cc2cc(NS(=O)(=O)c3cccs3)ccc2O[C@@H]1CN(C)Cc1ccc(-c2ccccc2)cc1. The lowest BCUT2D eigenvalue weighted by Gasteiger charge is -2.34. The molecule has 0 saturated heterocycles. The number of aliphatic hydroxyl groups is 1. The normalized spacial score (nSPS) is 18.1. The van der Waals surface area contributed by atoms with Gasteiger partial charge in [-0.15, -0.1) is 11.3 Å². The Labute approximate surface area is 264 Å². The lowest BCUT2D eigenvalue weighted by Crippen LogP contribution is -2.47. The zero-order chi connectivity index (χ0) is 31.3. The van der Waals surface area contributed by atoms with Crippen LogP contribution < -0.4 is 9.46 Å². The van der Waals surface area contributed by atoms with Crippen LogP contribution in [0.4, 0.5) is 5.69 Å². The zero-order valence-corrected chi connectivity index (χ0v) is 26.9. The number of sulfonamides is 1. The lowest BCUT2D eigenvalue weighted by molar-refractivity contribution is -0.134. The molecule has 4 aromatic rings. The molecule has 44 heavy (non-hydrogen) atoms. The minimum atomic E-state index is -3.75. The predicted octanol–water partition coefficient (Wildman–Crippen LogP) is 5.50. The molecule has 5 rings (SSSR count). The molecule has 8 nitrogen and oxygen atoms in total. The molecule has 2 N–H and O–H groups in total. The number of carbonyl (C=O) groups excluding carboxylic acids is 1. The molecule has 0 radical (unpaired) electrons. The van der Waals surface area contributed by atoms with Gasteiger partial charge in [0.1, 0.15) is 16.1 Å². The van der Waals surface area contributed by atoms with Crippen LogP contribution in [0.5, 0.6) is 5.75 Å². The van der Waals surface area contributed by atoms with Gasteiger partial charge in [-0.2, -0.15) is 0 Å². The second-order valence-corrected chi connectivity index (χ2v) is 14.4. The smallest absolute Gasteiger partial charge is 0.271 e. The Kier molecular flexibility index (Phi) is 10.1. The van der Waals surface area contributed by atoms with Crippen LogP contribution in [-0.2, 0) is 27.8 Å². The average Bonchev–Trinajstić information content (AvgIpc) is 3.58. The van der Waals surface area contributed by atoms with Gasteiger partial charge in [-0.3, -0.25) is 14.4 Å². The summed E-state index contributed by atoms with van der Waals surface area (Å²) in [5.74, 6) is 0.362. The van der Waals surface area contributed by atoms with Crippen molar-refractivity contribution in [2.45, 2.75) is 43.2 Å². The Morgan fingerprint density at radius 1 is 1.05 bits per heavy atom. The van der Waals surface area contributed by atoms with Crippen molar-refractivity contribution in [3.8, 4) is 16.9 Å². The third-order valence-corrected chi connectivity index (χ3v) is 10.7. The third kappa shape index (κ3) is 7.68. The number of hydrogen-bond acceptors (Lipinski definition) is 7. The van der Waals surface area contributed by atoms with Gasteiger partial charge in [-0.1, -0.05) is 67.6 Å². The van der Waals surface area contributed by atoms with Crippen molar-refractivity contribution in [3.63, 3.8) is 0 Å². The third-order valence-electron chi connectivity index (χ3n) is 7.93. The summed E-state index contributed by atoms with van der Waals surface area (Å²) in [4.78, 5) is 17.4. The summed E-state index contributed by atoms with van der Waals surface area (Å²) >= 11 is 1.13. The topological polar surface area (TPSA) is 99.2 Å². The molecule has 3 atom stereocenters. The number of rotatable bonds is 10. The second kappa shape index (κ2) is 13.9. The number of ether oxygens (including phenoxy) is 1. The Balaban J connectivity index is 1.37. The number of nitrogens with one attached hydrogen (secondary N) is 1. The van der Waals surface area contributed by atoms with Gasteiger partial charge in [0.05, 0.1) is 19.1 Å². The van der Waals surface area contributed by atoms with Crippen molar-refractivity contribution in [1.29, 1.82) is 0 Å². The summed E-state index contributed by atoms with van der Waals surface area (Å²) in [6.07, 6.45) is -0.243. The van der Waals surface area contributed by atoms with Crippen molar-refractivity contribution in [3.05, 3.63) is 101 Å². The number of benzene rings is 3. The molecule has 10 heteroatoms. The van der Waals surface area contributed by atoms with Crippen LogP contribution in [-0.4, -0.2) is 68.1 Å². The summed E-state index contributed by atoms with van der Waals surface area (Å²) < 4.78 is 35.2. The number of hydrogen-bond donors (Lipinski definition) is 2. The first-order valence-corrected chi connectivity index (χ1v) is 17.1.